The zero-order valence-electron chi connectivity index (χ0n) is 21.1. The van der Waals surface area contributed by atoms with E-state index in [4.69, 9.17) is 4.42 Å². The second-order valence-electron chi connectivity index (χ2n) is 9.30. The van der Waals surface area contributed by atoms with Crippen LogP contribution in [0, 0.1) is 13.8 Å². The molecule has 1 aliphatic heterocycles. The highest BCUT2D eigenvalue weighted by molar-refractivity contribution is 7.99. The van der Waals surface area contributed by atoms with Crippen molar-refractivity contribution in [3.63, 3.8) is 0 Å². The number of hydrogen-bond acceptors (Lipinski definition) is 6. The van der Waals surface area contributed by atoms with Crippen molar-refractivity contribution in [2.24, 2.45) is 0 Å². The summed E-state index contributed by atoms with van der Waals surface area (Å²) in [5.41, 5.74) is 3.81. The summed E-state index contributed by atoms with van der Waals surface area (Å²) in [5, 5.41) is 9.35. The monoisotopic (exact) mass is 515 g/mol. The first-order valence-electron chi connectivity index (χ1n) is 12.3. The van der Waals surface area contributed by atoms with Gasteiger partial charge >= 0.3 is 0 Å². The normalized spacial score (nSPS) is 15.7. The quantitative estimate of drug-likeness (QED) is 0.349. The summed E-state index contributed by atoms with van der Waals surface area (Å²) in [7, 11) is 0. The Morgan fingerprint density at radius 3 is 2.51 bits per heavy atom. The van der Waals surface area contributed by atoms with Crippen LogP contribution in [0.3, 0.4) is 0 Å². The Hall–Kier alpha value is -3.85. The number of carbonyl (C=O) groups excluding carboxylic acids is 2. The molecule has 5 rings (SSSR count). The molecule has 9 heteroatoms. The predicted octanol–water partition coefficient (Wildman–Crippen LogP) is 4.61. The summed E-state index contributed by atoms with van der Waals surface area (Å²) in [6.45, 7) is 7.53. The molecular formula is C28H29N5O3S. The molecule has 0 saturated carbocycles. The van der Waals surface area contributed by atoms with Crippen molar-refractivity contribution < 1.29 is 14.0 Å². The van der Waals surface area contributed by atoms with Gasteiger partial charge in [-0.3, -0.25) is 14.2 Å². The number of thioether (sulfide) groups is 1. The van der Waals surface area contributed by atoms with E-state index >= 15 is 0 Å². The number of aryl methyl sites for hydroxylation is 2. The molecule has 0 N–H and O–H groups in total. The van der Waals surface area contributed by atoms with Gasteiger partial charge < -0.3 is 14.2 Å². The molecule has 190 valence electrons. The molecule has 2 aromatic heterocycles. The lowest BCUT2D eigenvalue weighted by Gasteiger charge is -2.40. The van der Waals surface area contributed by atoms with E-state index < -0.39 is 0 Å². The number of amides is 2. The molecule has 1 saturated heterocycles. The number of carbonyl (C=O) groups is 2. The molecule has 2 aromatic carbocycles. The third-order valence-corrected chi connectivity index (χ3v) is 7.41. The summed E-state index contributed by atoms with van der Waals surface area (Å²) < 4.78 is 7.51. The molecule has 0 bridgehead atoms. The second-order valence-corrected chi connectivity index (χ2v) is 10.2. The minimum Gasteiger partial charge on any atom is -0.461 e. The van der Waals surface area contributed by atoms with Crippen LogP contribution in [-0.2, 0) is 4.79 Å². The fraction of sp³-hybridized carbons (Fsp3) is 0.286. The van der Waals surface area contributed by atoms with Gasteiger partial charge in [-0.2, -0.15) is 0 Å². The maximum Gasteiger partial charge on any atom is 0.254 e. The van der Waals surface area contributed by atoms with E-state index in [0.29, 0.717) is 41.9 Å². The van der Waals surface area contributed by atoms with Gasteiger partial charge in [0.2, 0.25) is 11.7 Å². The maximum absolute atomic E-state index is 13.2. The van der Waals surface area contributed by atoms with Crippen molar-refractivity contribution >= 4 is 23.6 Å². The molecular weight excluding hydrogens is 486 g/mol. The van der Waals surface area contributed by atoms with Crippen molar-refractivity contribution in [1.82, 2.24) is 24.6 Å². The van der Waals surface area contributed by atoms with Crippen LogP contribution in [0.4, 0.5) is 0 Å². The topological polar surface area (TPSA) is 84.5 Å². The fourth-order valence-corrected chi connectivity index (χ4v) is 5.35. The summed E-state index contributed by atoms with van der Waals surface area (Å²) in [6, 6.07) is 19.2. The van der Waals surface area contributed by atoms with Crippen molar-refractivity contribution in [3.8, 4) is 17.3 Å². The summed E-state index contributed by atoms with van der Waals surface area (Å²) in [4.78, 5) is 29.8. The van der Waals surface area contributed by atoms with Crippen LogP contribution in [0.15, 0.2) is 76.5 Å². The predicted molar refractivity (Wildman–Crippen MR) is 143 cm³/mol. The van der Waals surface area contributed by atoms with Crippen molar-refractivity contribution in [2.75, 3.05) is 25.4 Å². The van der Waals surface area contributed by atoms with Crippen LogP contribution in [0.2, 0.25) is 0 Å². The SMILES string of the molecule is Cc1ccc(C(=O)N2CCN(C(=O)CSc3nnc(-c4ccco4)n3-c3cccc(C)c3)CC2C)cc1. The zero-order chi connectivity index (χ0) is 25.9. The van der Waals surface area contributed by atoms with E-state index in [1.165, 1.54) is 11.8 Å². The highest BCUT2D eigenvalue weighted by Gasteiger charge is 2.30. The van der Waals surface area contributed by atoms with Crippen molar-refractivity contribution in [1.29, 1.82) is 0 Å². The summed E-state index contributed by atoms with van der Waals surface area (Å²) in [6.07, 6.45) is 1.60. The molecule has 8 nitrogen and oxygen atoms in total. The van der Waals surface area contributed by atoms with E-state index in [0.717, 1.165) is 16.8 Å². The number of furan rings is 1. The van der Waals surface area contributed by atoms with Gasteiger partial charge in [0.1, 0.15) is 0 Å². The van der Waals surface area contributed by atoms with Crippen LogP contribution in [-0.4, -0.2) is 67.8 Å². The van der Waals surface area contributed by atoms with Gasteiger partial charge in [0, 0.05) is 31.2 Å². The first kappa shape index (κ1) is 24.8. The van der Waals surface area contributed by atoms with Gasteiger partial charge in [-0.1, -0.05) is 41.6 Å². The highest BCUT2D eigenvalue weighted by Crippen LogP contribution is 2.29. The minimum absolute atomic E-state index is 0.00526. The Kier molecular flexibility index (Phi) is 7.14. The standard InChI is InChI=1S/C28H29N5O3S/c1-19-9-11-22(12-10-19)27(35)32-14-13-31(17-21(32)3)25(34)18-37-28-30-29-26(24-8-5-15-36-24)33(28)23-7-4-6-20(2)16-23/h4-12,15-16,21H,13-14,17-18H2,1-3H3. The van der Waals surface area contributed by atoms with E-state index in [-0.39, 0.29) is 23.6 Å². The van der Waals surface area contributed by atoms with Crippen LogP contribution in [0.25, 0.3) is 17.3 Å². The summed E-state index contributed by atoms with van der Waals surface area (Å²) in [5.74, 6) is 1.43. The molecule has 1 atom stereocenters. The average molecular weight is 516 g/mol. The molecule has 2 amide bonds. The van der Waals surface area contributed by atoms with Gasteiger partial charge in [0.15, 0.2) is 10.9 Å². The van der Waals surface area contributed by atoms with Gasteiger partial charge in [-0.25, -0.2) is 0 Å². The second kappa shape index (κ2) is 10.6. The van der Waals surface area contributed by atoms with Crippen molar-refractivity contribution in [3.05, 3.63) is 83.6 Å². The first-order valence-corrected chi connectivity index (χ1v) is 13.2. The lowest BCUT2D eigenvalue weighted by atomic mass is 10.1. The summed E-state index contributed by atoms with van der Waals surface area (Å²) >= 11 is 1.35. The largest absolute Gasteiger partial charge is 0.461 e. The number of nitrogens with zero attached hydrogens (tertiary/aromatic N) is 5. The average Bonchev–Trinajstić information content (AvgIpc) is 3.57. The molecule has 4 aromatic rings. The van der Waals surface area contributed by atoms with E-state index in [2.05, 4.69) is 10.2 Å². The third kappa shape index (κ3) is 5.32. The van der Waals surface area contributed by atoms with Crippen LogP contribution < -0.4 is 0 Å². The number of piperazine rings is 1. The molecule has 0 aliphatic carbocycles. The van der Waals surface area contributed by atoms with Gasteiger partial charge in [0.25, 0.3) is 5.91 Å². The molecule has 1 fully saturated rings. The van der Waals surface area contributed by atoms with Gasteiger partial charge in [-0.15, -0.1) is 10.2 Å². The Balaban J connectivity index is 1.27. The Bertz CT molecular complexity index is 1400. The molecule has 37 heavy (non-hydrogen) atoms. The lowest BCUT2D eigenvalue weighted by Crippen LogP contribution is -2.55. The smallest absolute Gasteiger partial charge is 0.254 e. The Labute approximate surface area is 220 Å². The Morgan fingerprint density at radius 2 is 1.81 bits per heavy atom. The number of hydrogen-bond donors (Lipinski definition) is 0. The van der Waals surface area contributed by atoms with Crippen LogP contribution >= 0.6 is 11.8 Å². The first-order chi connectivity index (χ1) is 17.9. The van der Waals surface area contributed by atoms with Gasteiger partial charge in [0.05, 0.1) is 17.7 Å². The maximum atomic E-state index is 13.2. The molecule has 0 radical (unpaired) electrons. The van der Waals surface area contributed by atoms with E-state index in [1.54, 1.807) is 6.26 Å². The molecule has 3 heterocycles. The van der Waals surface area contributed by atoms with Crippen LogP contribution in [0.1, 0.15) is 28.4 Å². The minimum atomic E-state index is -0.0713. The number of aromatic nitrogens is 3. The van der Waals surface area contributed by atoms with E-state index in [9.17, 15) is 9.59 Å². The van der Waals surface area contributed by atoms with Gasteiger partial charge in [-0.05, 0) is 62.7 Å². The third-order valence-electron chi connectivity index (χ3n) is 6.50. The Morgan fingerprint density at radius 1 is 1.00 bits per heavy atom. The number of rotatable bonds is 6. The fourth-order valence-electron chi connectivity index (χ4n) is 4.49. The molecule has 0 spiro atoms. The molecule has 1 aliphatic rings. The number of benzene rings is 2. The van der Waals surface area contributed by atoms with E-state index in [1.807, 2.05) is 95.8 Å². The molecule has 1 unspecified atom stereocenters. The lowest BCUT2D eigenvalue weighted by molar-refractivity contribution is -0.130. The highest BCUT2D eigenvalue weighted by atomic mass is 32.2. The zero-order valence-corrected chi connectivity index (χ0v) is 21.9. The van der Waals surface area contributed by atoms with Crippen LogP contribution in [0.5, 0.6) is 0 Å². The van der Waals surface area contributed by atoms with Crippen molar-refractivity contribution in [2.45, 2.75) is 32.0 Å².